The fourth-order valence-electron chi connectivity index (χ4n) is 2.47. The van der Waals surface area contributed by atoms with Crippen LogP contribution in [-0.4, -0.2) is 11.3 Å². The van der Waals surface area contributed by atoms with Crippen molar-refractivity contribution < 1.29 is 4.79 Å². The van der Waals surface area contributed by atoms with E-state index in [1.54, 1.807) is 0 Å². The quantitative estimate of drug-likeness (QED) is 0.777. The lowest BCUT2D eigenvalue weighted by atomic mass is 9.74. The smallest absolute Gasteiger partial charge is 0.155 e. The van der Waals surface area contributed by atoms with Crippen molar-refractivity contribution in [1.29, 1.82) is 0 Å². The van der Waals surface area contributed by atoms with Crippen molar-refractivity contribution in [2.24, 2.45) is 17.6 Å². The third kappa shape index (κ3) is 3.04. The Bertz CT molecular complexity index is 215. The molecule has 2 N–H and O–H groups in total. The summed E-state index contributed by atoms with van der Waals surface area (Å²) in [5.74, 6) is 1.38. The van der Waals surface area contributed by atoms with Gasteiger partial charge in [0, 0.05) is 5.92 Å². The number of hydrogen-bond donors (Lipinski definition) is 1. The molecule has 1 fully saturated rings. The maximum absolute atomic E-state index is 12.1. The zero-order valence-electron chi connectivity index (χ0n) is 10.4. The van der Waals surface area contributed by atoms with Crippen LogP contribution in [0.3, 0.4) is 0 Å². The van der Waals surface area contributed by atoms with E-state index in [9.17, 15) is 4.79 Å². The molecule has 0 aromatic rings. The van der Waals surface area contributed by atoms with E-state index < -0.39 is 5.54 Å². The van der Waals surface area contributed by atoms with Crippen LogP contribution in [-0.2, 0) is 4.79 Å². The first-order valence-electron chi connectivity index (χ1n) is 6.34. The molecule has 0 bridgehead atoms. The highest BCUT2D eigenvalue weighted by molar-refractivity contribution is 5.89. The molecule has 1 aliphatic carbocycles. The van der Waals surface area contributed by atoms with Gasteiger partial charge in [-0.05, 0) is 44.9 Å². The molecule has 0 saturated heterocycles. The van der Waals surface area contributed by atoms with Crippen LogP contribution >= 0.6 is 0 Å². The van der Waals surface area contributed by atoms with Gasteiger partial charge >= 0.3 is 0 Å². The summed E-state index contributed by atoms with van der Waals surface area (Å²) in [7, 11) is 0. The molecule has 88 valence electrons. The summed E-state index contributed by atoms with van der Waals surface area (Å²) in [5.41, 5.74) is 5.41. The Kier molecular flexibility index (Phi) is 4.32. The van der Waals surface area contributed by atoms with Gasteiger partial charge in [-0.25, -0.2) is 0 Å². The molecule has 1 atom stereocenters. The van der Waals surface area contributed by atoms with Crippen molar-refractivity contribution in [2.45, 2.75) is 64.8 Å². The van der Waals surface area contributed by atoms with Crippen molar-refractivity contribution in [3.63, 3.8) is 0 Å². The van der Waals surface area contributed by atoms with E-state index in [2.05, 4.69) is 6.92 Å². The van der Waals surface area contributed by atoms with Crippen molar-refractivity contribution in [3.8, 4) is 0 Å². The molecule has 2 nitrogen and oxygen atoms in total. The summed E-state index contributed by atoms with van der Waals surface area (Å²) in [5, 5.41) is 0. The number of hydrogen-bond acceptors (Lipinski definition) is 2. The minimum Gasteiger partial charge on any atom is -0.319 e. The molecule has 0 amide bonds. The van der Waals surface area contributed by atoms with Crippen molar-refractivity contribution in [1.82, 2.24) is 0 Å². The molecule has 0 radical (unpaired) electrons. The summed E-state index contributed by atoms with van der Waals surface area (Å²) in [4.78, 5) is 12.1. The summed E-state index contributed by atoms with van der Waals surface area (Å²) >= 11 is 0. The number of ketones is 1. The highest BCUT2D eigenvalue weighted by Crippen LogP contribution is 2.33. The van der Waals surface area contributed by atoms with E-state index in [4.69, 9.17) is 5.73 Å². The first kappa shape index (κ1) is 12.7. The lowest BCUT2D eigenvalue weighted by molar-refractivity contribution is -0.129. The number of carbonyl (C=O) groups excluding carboxylic acids is 1. The highest BCUT2D eigenvalue weighted by Gasteiger charge is 2.34. The maximum Gasteiger partial charge on any atom is 0.155 e. The average Bonchev–Trinajstić information content (AvgIpc) is 2.28. The van der Waals surface area contributed by atoms with Gasteiger partial charge in [0.25, 0.3) is 0 Å². The third-order valence-electron chi connectivity index (χ3n) is 4.09. The van der Waals surface area contributed by atoms with Crippen LogP contribution in [0.4, 0.5) is 0 Å². The predicted octanol–water partition coefficient (Wildman–Crippen LogP) is 2.90. The predicted molar refractivity (Wildman–Crippen MR) is 63.6 cm³/mol. The number of carbonyl (C=O) groups is 1. The molecular weight excluding hydrogens is 186 g/mol. The molecule has 1 rings (SSSR count). The van der Waals surface area contributed by atoms with E-state index in [-0.39, 0.29) is 5.92 Å². The second-order valence-corrected chi connectivity index (χ2v) is 5.26. The van der Waals surface area contributed by atoms with Gasteiger partial charge in [0.2, 0.25) is 0 Å². The largest absolute Gasteiger partial charge is 0.319 e. The van der Waals surface area contributed by atoms with Crippen LogP contribution in [0.15, 0.2) is 0 Å². The van der Waals surface area contributed by atoms with E-state index in [1.807, 2.05) is 13.8 Å². The lowest BCUT2D eigenvalue weighted by Crippen LogP contribution is -2.48. The Morgan fingerprint density at radius 1 is 1.27 bits per heavy atom. The Labute approximate surface area is 93.6 Å². The Hall–Kier alpha value is -0.370. The topological polar surface area (TPSA) is 43.1 Å². The summed E-state index contributed by atoms with van der Waals surface area (Å²) < 4.78 is 0. The number of rotatable bonds is 4. The molecule has 1 saturated carbocycles. The molecule has 0 spiro atoms. The monoisotopic (exact) mass is 211 g/mol. The molecule has 0 heterocycles. The molecule has 15 heavy (non-hydrogen) atoms. The summed E-state index contributed by atoms with van der Waals surface area (Å²) in [6, 6.07) is 0. The van der Waals surface area contributed by atoms with E-state index >= 15 is 0 Å². The zero-order chi connectivity index (χ0) is 11.5. The van der Waals surface area contributed by atoms with E-state index in [1.165, 1.54) is 19.3 Å². The van der Waals surface area contributed by atoms with Crippen molar-refractivity contribution >= 4 is 5.78 Å². The zero-order valence-corrected chi connectivity index (χ0v) is 10.4. The Morgan fingerprint density at radius 2 is 1.80 bits per heavy atom. The van der Waals surface area contributed by atoms with Gasteiger partial charge in [0.1, 0.15) is 0 Å². The minimum absolute atomic E-state index is 0.239. The highest BCUT2D eigenvalue weighted by atomic mass is 16.1. The van der Waals surface area contributed by atoms with Gasteiger partial charge in [-0.15, -0.1) is 0 Å². The van der Waals surface area contributed by atoms with Gasteiger partial charge in [0.15, 0.2) is 5.78 Å². The Balaban J connectivity index is 2.50. The second-order valence-electron chi connectivity index (χ2n) is 5.26. The van der Waals surface area contributed by atoms with Crippen LogP contribution in [0.25, 0.3) is 0 Å². The fraction of sp³-hybridized carbons (Fsp3) is 0.923. The standard InChI is InChI=1S/C13H25NO/c1-4-10-6-8-11(9-7-10)12(15)13(3,14)5-2/h10-11H,4-9,14H2,1-3H3. The van der Waals surface area contributed by atoms with Crippen LogP contribution < -0.4 is 5.73 Å². The van der Waals surface area contributed by atoms with Gasteiger partial charge in [0.05, 0.1) is 5.54 Å². The summed E-state index contributed by atoms with van der Waals surface area (Å²) in [6.45, 7) is 6.11. The van der Waals surface area contributed by atoms with Gasteiger partial charge in [-0.2, -0.15) is 0 Å². The molecular formula is C13H25NO. The van der Waals surface area contributed by atoms with E-state index in [0.717, 1.165) is 25.2 Å². The van der Waals surface area contributed by atoms with E-state index in [0.29, 0.717) is 5.78 Å². The maximum atomic E-state index is 12.1. The minimum atomic E-state index is -0.594. The molecule has 2 heteroatoms. The van der Waals surface area contributed by atoms with Crippen LogP contribution in [0.1, 0.15) is 59.3 Å². The molecule has 0 aliphatic heterocycles. The van der Waals surface area contributed by atoms with Crippen LogP contribution in [0.2, 0.25) is 0 Å². The van der Waals surface area contributed by atoms with Crippen molar-refractivity contribution in [2.75, 3.05) is 0 Å². The molecule has 0 aromatic carbocycles. The fourth-order valence-corrected chi connectivity index (χ4v) is 2.47. The Morgan fingerprint density at radius 3 is 2.20 bits per heavy atom. The third-order valence-corrected chi connectivity index (χ3v) is 4.09. The van der Waals surface area contributed by atoms with Gasteiger partial charge in [-0.3, -0.25) is 4.79 Å². The second kappa shape index (κ2) is 5.11. The van der Waals surface area contributed by atoms with Crippen molar-refractivity contribution in [3.05, 3.63) is 0 Å². The summed E-state index contributed by atoms with van der Waals surface area (Å²) in [6.07, 6.45) is 6.56. The lowest BCUT2D eigenvalue weighted by Gasteiger charge is -2.32. The SMILES string of the molecule is CCC1CCC(C(=O)C(C)(N)CC)CC1. The average molecular weight is 211 g/mol. The molecule has 1 aliphatic rings. The van der Waals surface area contributed by atoms with Gasteiger partial charge in [-0.1, -0.05) is 20.3 Å². The number of nitrogens with two attached hydrogens (primary N) is 1. The first-order chi connectivity index (χ1) is 7.01. The van der Waals surface area contributed by atoms with Crippen LogP contribution in [0.5, 0.6) is 0 Å². The van der Waals surface area contributed by atoms with Gasteiger partial charge < -0.3 is 5.73 Å². The molecule has 1 unspecified atom stereocenters. The number of Topliss-reactive ketones (excluding diaryl/α,β-unsaturated/α-hetero) is 1. The molecule has 0 aromatic heterocycles. The van der Waals surface area contributed by atoms with Crippen LogP contribution in [0, 0.1) is 11.8 Å². The first-order valence-corrected chi connectivity index (χ1v) is 6.34. The normalized spacial score (nSPS) is 30.9.